The molecule has 6 heteroatoms. The zero-order valence-corrected chi connectivity index (χ0v) is 12.5. The van der Waals surface area contributed by atoms with Gasteiger partial charge in [0.05, 0.1) is 24.3 Å². The Morgan fingerprint density at radius 1 is 1.36 bits per heavy atom. The molecule has 1 saturated heterocycles. The van der Waals surface area contributed by atoms with Crippen molar-refractivity contribution in [3.05, 3.63) is 29.7 Å². The van der Waals surface area contributed by atoms with E-state index in [0.29, 0.717) is 46.8 Å². The van der Waals surface area contributed by atoms with Gasteiger partial charge in [0.15, 0.2) is 0 Å². The molecule has 0 bridgehead atoms. The monoisotopic (exact) mass is 302 g/mol. The van der Waals surface area contributed by atoms with Gasteiger partial charge < -0.3 is 15.4 Å². The topological polar surface area (TPSA) is 64.3 Å². The molecule has 2 aliphatic rings. The van der Waals surface area contributed by atoms with Crippen LogP contribution >= 0.6 is 0 Å². The molecule has 1 aliphatic carbocycles. The summed E-state index contributed by atoms with van der Waals surface area (Å²) >= 11 is 0. The number of ether oxygens (including phenoxy) is 1. The van der Waals surface area contributed by atoms with E-state index in [1.165, 1.54) is 6.20 Å². The maximum Gasteiger partial charge on any atom is 0.213 e. The van der Waals surface area contributed by atoms with Gasteiger partial charge in [-0.25, -0.2) is 9.37 Å². The van der Waals surface area contributed by atoms with Crippen LogP contribution in [0.5, 0.6) is 5.88 Å². The van der Waals surface area contributed by atoms with Crippen molar-refractivity contribution < 1.29 is 9.13 Å². The SMILES string of the molecule is COc1ccc2ncc(F)c(CCN3CC4C(N)[C@@H]4C3)c2n1. The molecule has 1 aliphatic heterocycles. The second kappa shape index (κ2) is 5.14. The fourth-order valence-electron chi connectivity index (χ4n) is 3.54. The van der Waals surface area contributed by atoms with Crippen LogP contribution in [0, 0.1) is 17.7 Å². The highest BCUT2D eigenvalue weighted by atomic mass is 19.1. The minimum Gasteiger partial charge on any atom is -0.481 e. The number of likely N-dealkylation sites (tertiary alicyclic amines) is 1. The van der Waals surface area contributed by atoms with E-state index in [1.807, 2.05) is 6.07 Å². The fourth-order valence-corrected chi connectivity index (χ4v) is 3.54. The van der Waals surface area contributed by atoms with Crippen LogP contribution in [0.2, 0.25) is 0 Å². The van der Waals surface area contributed by atoms with Crippen LogP contribution in [0.4, 0.5) is 4.39 Å². The standard InChI is InChI=1S/C16H19FN4O/c1-22-14-3-2-13-16(20-14)9(12(17)6-19-13)4-5-21-7-10-11(8-21)15(10)18/h2-3,6,10-11,15H,4-5,7-8,18H2,1H3/t10-,11?,15?/m1/s1. The van der Waals surface area contributed by atoms with E-state index in [2.05, 4.69) is 14.9 Å². The van der Waals surface area contributed by atoms with Gasteiger partial charge in [-0.15, -0.1) is 0 Å². The highest BCUT2D eigenvalue weighted by Gasteiger charge is 2.53. The molecule has 0 amide bonds. The van der Waals surface area contributed by atoms with Crippen molar-refractivity contribution in [1.82, 2.24) is 14.9 Å². The Kier molecular flexibility index (Phi) is 3.23. The first kappa shape index (κ1) is 13.8. The van der Waals surface area contributed by atoms with Gasteiger partial charge in [0.1, 0.15) is 5.82 Å². The molecule has 0 spiro atoms. The summed E-state index contributed by atoms with van der Waals surface area (Å²) in [5, 5.41) is 0. The number of nitrogens with two attached hydrogens (primary N) is 1. The van der Waals surface area contributed by atoms with Crippen molar-refractivity contribution in [2.75, 3.05) is 26.7 Å². The zero-order valence-electron chi connectivity index (χ0n) is 12.5. The van der Waals surface area contributed by atoms with Crippen molar-refractivity contribution in [3.63, 3.8) is 0 Å². The Labute approximate surface area is 128 Å². The van der Waals surface area contributed by atoms with E-state index in [-0.39, 0.29) is 5.82 Å². The first-order valence-corrected chi connectivity index (χ1v) is 7.63. The van der Waals surface area contributed by atoms with Crippen molar-refractivity contribution in [2.45, 2.75) is 12.5 Å². The van der Waals surface area contributed by atoms with Crippen LogP contribution in [0.15, 0.2) is 18.3 Å². The molecule has 3 atom stereocenters. The lowest BCUT2D eigenvalue weighted by Crippen LogP contribution is -2.30. The molecule has 0 radical (unpaired) electrons. The molecule has 1 saturated carbocycles. The number of aromatic nitrogens is 2. The summed E-state index contributed by atoms with van der Waals surface area (Å²) in [6.07, 6.45) is 1.91. The van der Waals surface area contributed by atoms with Gasteiger partial charge in [0.2, 0.25) is 5.88 Å². The molecule has 3 heterocycles. The molecular weight excluding hydrogens is 283 g/mol. The largest absolute Gasteiger partial charge is 0.481 e. The van der Waals surface area contributed by atoms with Gasteiger partial charge in [-0.05, 0) is 24.3 Å². The van der Waals surface area contributed by atoms with Crippen molar-refractivity contribution in [3.8, 4) is 5.88 Å². The van der Waals surface area contributed by atoms with Gasteiger partial charge in [0, 0.05) is 37.3 Å². The number of halogens is 1. The van der Waals surface area contributed by atoms with Crippen molar-refractivity contribution in [2.24, 2.45) is 17.6 Å². The molecule has 0 aromatic carbocycles. The summed E-state index contributed by atoms with van der Waals surface area (Å²) in [6.45, 7) is 2.90. The highest BCUT2D eigenvalue weighted by molar-refractivity contribution is 5.78. The Morgan fingerprint density at radius 3 is 2.86 bits per heavy atom. The van der Waals surface area contributed by atoms with Crippen LogP contribution in [-0.4, -0.2) is 47.7 Å². The third kappa shape index (κ3) is 2.23. The first-order chi connectivity index (χ1) is 10.7. The minimum atomic E-state index is -0.297. The Balaban J connectivity index is 1.56. The van der Waals surface area contributed by atoms with E-state index in [4.69, 9.17) is 10.5 Å². The van der Waals surface area contributed by atoms with Crippen LogP contribution < -0.4 is 10.5 Å². The molecule has 2 aromatic rings. The maximum absolute atomic E-state index is 14.2. The first-order valence-electron chi connectivity index (χ1n) is 7.63. The molecule has 22 heavy (non-hydrogen) atoms. The molecule has 2 fully saturated rings. The molecule has 4 rings (SSSR count). The van der Waals surface area contributed by atoms with Crippen molar-refractivity contribution in [1.29, 1.82) is 0 Å². The van der Waals surface area contributed by atoms with E-state index in [1.54, 1.807) is 13.2 Å². The number of hydrogen-bond donors (Lipinski definition) is 1. The Morgan fingerprint density at radius 2 is 2.14 bits per heavy atom. The smallest absolute Gasteiger partial charge is 0.213 e. The number of pyridine rings is 2. The Bertz CT molecular complexity index is 711. The number of piperidine rings is 1. The van der Waals surface area contributed by atoms with E-state index >= 15 is 0 Å². The van der Waals surface area contributed by atoms with Gasteiger partial charge in [-0.2, -0.15) is 0 Å². The number of fused-ring (bicyclic) bond motifs is 2. The predicted octanol–water partition coefficient (Wildman–Crippen LogP) is 1.21. The zero-order chi connectivity index (χ0) is 15.3. The molecular formula is C16H19FN4O. The number of nitrogens with zero attached hydrogens (tertiary/aromatic N) is 3. The molecule has 2 unspecified atom stereocenters. The van der Waals surface area contributed by atoms with Crippen LogP contribution in [0.25, 0.3) is 11.0 Å². The van der Waals surface area contributed by atoms with Gasteiger partial charge in [-0.3, -0.25) is 4.98 Å². The average molecular weight is 302 g/mol. The second-order valence-electron chi connectivity index (χ2n) is 6.22. The summed E-state index contributed by atoms with van der Waals surface area (Å²) in [7, 11) is 1.56. The predicted molar refractivity (Wildman–Crippen MR) is 81.1 cm³/mol. The highest BCUT2D eigenvalue weighted by Crippen LogP contribution is 2.43. The van der Waals surface area contributed by atoms with Crippen LogP contribution in [0.1, 0.15) is 5.56 Å². The third-order valence-corrected chi connectivity index (χ3v) is 4.96. The van der Waals surface area contributed by atoms with Gasteiger partial charge in [-0.1, -0.05) is 0 Å². The molecule has 2 N–H and O–H groups in total. The summed E-state index contributed by atoms with van der Waals surface area (Å²) in [5.74, 6) is 1.48. The van der Waals surface area contributed by atoms with E-state index in [9.17, 15) is 4.39 Å². The molecule has 2 aromatic heterocycles. The quantitative estimate of drug-likeness (QED) is 0.919. The lowest BCUT2D eigenvalue weighted by Gasteiger charge is -2.19. The van der Waals surface area contributed by atoms with Crippen LogP contribution in [0.3, 0.4) is 0 Å². The minimum absolute atomic E-state index is 0.297. The Hall–Kier alpha value is -1.79. The van der Waals surface area contributed by atoms with Gasteiger partial charge in [0.25, 0.3) is 0 Å². The number of rotatable bonds is 4. The summed E-state index contributed by atoms with van der Waals surface area (Å²) in [6, 6.07) is 3.95. The van der Waals surface area contributed by atoms with Crippen molar-refractivity contribution >= 4 is 11.0 Å². The number of methoxy groups -OCH3 is 1. The van der Waals surface area contributed by atoms with E-state index < -0.39 is 0 Å². The van der Waals surface area contributed by atoms with Gasteiger partial charge >= 0.3 is 0 Å². The molecule has 116 valence electrons. The third-order valence-electron chi connectivity index (χ3n) is 4.96. The second-order valence-corrected chi connectivity index (χ2v) is 6.22. The maximum atomic E-state index is 14.2. The lowest BCUT2D eigenvalue weighted by molar-refractivity contribution is 0.300. The van der Waals surface area contributed by atoms with E-state index in [0.717, 1.165) is 19.6 Å². The normalized spacial score (nSPS) is 27.1. The average Bonchev–Trinajstić information content (AvgIpc) is 2.96. The lowest BCUT2D eigenvalue weighted by atomic mass is 10.1. The summed E-state index contributed by atoms with van der Waals surface area (Å²) < 4.78 is 19.3. The number of hydrogen-bond acceptors (Lipinski definition) is 5. The van der Waals surface area contributed by atoms with Crippen LogP contribution in [-0.2, 0) is 6.42 Å². The fraction of sp³-hybridized carbons (Fsp3) is 0.500. The molecule has 5 nitrogen and oxygen atoms in total. The summed E-state index contributed by atoms with van der Waals surface area (Å²) in [4.78, 5) is 10.8. The summed E-state index contributed by atoms with van der Waals surface area (Å²) in [5.41, 5.74) is 7.87.